The molecule has 1 N–H and O–H groups in total. The van der Waals surface area contributed by atoms with Gasteiger partial charge in [0, 0.05) is 6.42 Å². The summed E-state index contributed by atoms with van der Waals surface area (Å²) < 4.78 is 14.1. The maximum Gasteiger partial charge on any atom is 0.234 e. The second-order valence-corrected chi connectivity index (χ2v) is 5.41. The van der Waals surface area contributed by atoms with Gasteiger partial charge >= 0.3 is 0 Å². The summed E-state index contributed by atoms with van der Waals surface area (Å²) in [6.45, 7) is 3.75. The van der Waals surface area contributed by atoms with Crippen LogP contribution in [0.25, 0.3) is 0 Å². The average Bonchev–Trinajstić information content (AvgIpc) is 2.33. The second-order valence-electron chi connectivity index (χ2n) is 5.03. The molecule has 0 saturated carbocycles. The lowest BCUT2D eigenvalue weighted by atomic mass is 9.88. The van der Waals surface area contributed by atoms with E-state index in [0.717, 1.165) is 0 Å². The van der Waals surface area contributed by atoms with E-state index in [1.165, 1.54) is 0 Å². The van der Waals surface area contributed by atoms with Gasteiger partial charge in [-0.1, -0.05) is 37.6 Å². The molecule has 5 heteroatoms. The molecule has 19 heavy (non-hydrogen) atoms. The van der Waals surface area contributed by atoms with Crippen LogP contribution in [0.1, 0.15) is 49.7 Å². The molecule has 1 heterocycles. The van der Waals surface area contributed by atoms with E-state index < -0.39 is 17.6 Å². The van der Waals surface area contributed by atoms with Crippen molar-refractivity contribution in [1.82, 2.24) is 5.32 Å². The van der Waals surface area contributed by atoms with Crippen LogP contribution in [0.4, 0.5) is 4.39 Å². The van der Waals surface area contributed by atoms with Crippen LogP contribution in [0, 0.1) is 5.82 Å². The van der Waals surface area contributed by atoms with Crippen molar-refractivity contribution in [3.63, 3.8) is 0 Å². The molecule has 1 aromatic carbocycles. The zero-order chi connectivity index (χ0) is 14.2. The van der Waals surface area contributed by atoms with Gasteiger partial charge in [0.1, 0.15) is 5.82 Å². The van der Waals surface area contributed by atoms with Gasteiger partial charge in [-0.2, -0.15) is 0 Å². The topological polar surface area (TPSA) is 46.2 Å². The van der Waals surface area contributed by atoms with Crippen molar-refractivity contribution in [3.05, 3.63) is 34.1 Å². The molecule has 0 bridgehead atoms. The molecule has 0 aromatic heterocycles. The number of carbonyl (C=O) groups excluding carboxylic acids is 2. The fourth-order valence-electron chi connectivity index (χ4n) is 2.28. The van der Waals surface area contributed by atoms with Crippen LogP contribution in [0.15, 0.2) is 12.1 Å². The van der Waals surface area contributed by atoms with Gasteiger partial charge in [0.15, 0.2) is 0 Å². The fourth-order valence-corrected chi connectivity index (χ4v) is 2.59. The molecule has 1 fully saturated rings. The molecule has 0 radical (unpaired) electrons. The number of halogens is 2. The number of nitrogens with one attached hydrogen (secondary N) is 1. The molecule has 1 unspecified atom stereocenters. The van der Waals surface area contributed by atoms with E-state index in [0.29, 0.717) is 17.5 Å². The van der Waals surface area contributed by atoms with Gasteiger partial charge in [-0.25, -0.2) is 4.39 Å². The molecule has 1 aromatic rings. The highest BCUT2D eigenvalue weighted by Crippen LogP contribution is 2.35. The minimum absolute atomic E-state index is 0.0132. The first-order valence-electron chi connectivity index (χ1n) is 6.23. The number of piperidine rings is 1. The number of hydrogen-bond acceptors (Lipinski definition) is 2. The third-order valence-electron chi connectivity index (χ3n) is 3.38. The maximum absolute atomic E-state index is 14.1. The van der Waals surface area contributed by atoms with Crippen LogP contribution >= 0.6 is 11.6 Å². The van der Waals surface area contributed by atoms with Crippen molar-refractivity contribution in [2.75, 3.05) is 0 Å². The Hall–Kier alpha value is -1.42. The molecule has 1 atom stereocenters. The Morgan fingerprint density at radius 1 is 1.37 bits per heavy atom. The van der Waals surface area contributed by atoms with Crippen LogP contribution in [0.2, 0.25) is 5.02 Å². The Bertz CT molecular complexity index is 542. The van der Waals surface area contributed by atoms with E-state index in [1.807, 2.05) is 13.8 Å². The number of amides is 2. The summed E-state index contributed by atoms with van der Waals surface area (Å²) in [6.07, 6.45) is 0.616. The van der Waals surface area contributed by atoms with Crippen molar-refractivity contribution in [1.29, 1.82) is 0 Å². The third kappa shape index (κ3) is 2.63. The Balaban J connectivity index is 2.39. The van der Waals surface area contributed by atoms with Gasteiger partial charge in [0.2, 0.25) is 11.8 Å². The van der Waals surface area contributed by atoms with Gasteiger partial charge in [-0.3, -0.25) is 14.9 Å². The first-order chi connectivity index (χ1) is 8.91. The van der Waals surface area contributed by atoms with Crippen molar-refractivity contribution in [2.24, 2.45) is 0 Å². The summed E-state index contributed by atoms with van der Waals surface area (Å²) in [6, 6.07) is 3.34. The molecule has 2 rings (SSSR count). The highest BCUT2D eigenvalue weighted by molar-refractivity contribution is 6.32. The first-order valence-corrected chi connectivity index (χ1v) is 6.61. The van der Waals surface area contributed by atoms with Crippen molar-refractivity contribution in [3.8, 4) is 0 Å². The molecular formula is C14H15ClFNO2. The SMILES string of the molecule is CC(C)c1ccc(C2CCC(=O)NC2=O)c(Cl)c1F. The van der Waals surface area contributed by atoms with Crippen LogP contribution in [-0.4, -0.2) is 11.8 Å². The number of rotatable bonds is 2. The summed E-state index contributed by atoms with van der Waals surface area (Å²) >= 11 is 6.04. The molecule has 2 amide bonds. The third-order valence-corrected chi connectivity index (χ3v) is 3.76. The van der Waals surface area contributed by atoms with Crippen LogP contribution in [0.3, 0.4) is 0 Å². The fraction of sp³-hybridized carbons (Fsp3) is 0.429. The van der Waals surface area contributed by atoms with Gasteiger partial charge in [-0.15, -0.1) is 0 Å². The van der Waals surface area contributed by atoms with Crippen LogP contribution in [0.5, 0.6) is 0 Å². The van der Waals surface area contributed by atoms with Crippen LogP contribution in [-0.2, 0) is 9.59 Å². The summed E-state index contributed by atoms with van der Waals surface area (Å²) in [4.78, 5) is 22.9. The van der Waals surface area contributed by atoms with Gasteiger partial charge in [-0.05, 0) is 23.5 Å². The predicted molar refractivity (Wildman–Crippen MR) is 70.6 cm³/mol. The first kappa shape index (κ1) is 14.0. The second kappa shape index (κ2) is 5.29. The summed E-state index contributed by atoms with van der Waals surface area (Å²) in [7, 11) is 0. The van der Waals surface area contributed by atoms with E-state index in [2.05, 4.69) is 5.32 Å². The molecule has 1 aliphatic rings. The number of hydrogen-bond donors (Lipinski definition) is 1. The lowest BCUT2D eigenvalue weighted by Gasteiger charge is -2.23. The molecular weight excluding hydrogens is 269 g/mol. The van der Waals surface area contributed by atoms with E-state index in [4.69, 9.17) is 11.6 Å². The Morgan fingerprint density at radius 2 is 2.05 bits per heavy atom. The Morgan fingerprint density at radius 3 is 2.63 bits per heavy atom. The number of imide groups is 1. The quantitative estimate of drug-likeness (QED) is 0.848. The monoisotopic (exact) mass is 283 g/mol. The Labute approximate surface area is 116 Å². The molecule has 0 spiro atoms. The van der Waals surface area contributed by atoms with E-state index >= 15 is 0 Å². The average molecular weight is 284 g/mol. The maximum atomic E-state index is 14.1. The summed E-state index contributed by atoms with van der Waals surface area (Å²) in [5.74, 6) is -1.71. The predicted octanol–water partition coefficient (Wildman–Crippen LogP) is 3.12. The smallest absolute Gasteiger partial charge is 0.234 e. The molecule has 0 aliphatic carbocycles. The minimum atomic E-state index is -0.555. The summed E-state index contributed by atoms with van der Waals surface area (Å²) in [5, 5.41) is 2.24. The van der Waals surface area contributed by atoms with E-state index in [1.54, 1.807) is 12.1 Å². The van der Waals surface area contributed by atoms with Crippen LogP contribution < -0.4 is 5.32 Å². The molecule has 1 aliphatic heterocycles. The standard InChI is InChI=1S/C14H15ClFNO2/c1-7(2)8-3-4-9(12(15)13(8)16)10-5-6-11(18)17-14(10)19/h3-4,7,10H,5-6H2,1-2H3,(H,17,18,19). The van der Waals surface area contributed by atoms with Crippen molar-refractivity contribution >= 4 is 23.4 Å². The number of carbonyl (C=O) groups is 2. The van der Waals surface area contributed by atoms with E-state index in [9.17, 15) is 14.0 Å². The highest BCUT2D eigenvalue weighted by Gasteiger charge is 2.30. The minimum Gasteiger partial charge on any atom is -0.296 e. The summed E-state index contributed by atoms with van der Waals surface area (Å²) in [5.41, 5.74) is 0.981. The molecule has 3 nitrogen and oxygen atoms in total. The zero-order valence-electron chi connectivity index (χ0n) is 10.8. The molecule has 1 saturated heterocycles. The zero-order valence-corrected chi connectivity index (χ0v) is 11.6. The lowest BCUT2D eigenvalue weighted by molar-refractivity contribution is -0.134. The lowest BCUT2D eigenvalue weighted by Crippen LogP contribution is -2.39. The number of benzene rings is 1. The van der Waals surface area contributed by atoms with Gasteiger partial charge in [0.25, 0.3) is 0 Å². The Kier molecular flexibility index (Phi) is 3.90. The normalized spacial score (nSPS) is 19.7. The highest BCUT2D eigenvalue weighted by atomic mass is 35.5. The van der Waals surface area contributed by atoms with Crippen molar-refractivity contribution < 1.29 is 14.0 Å². The van der Waals surface area contributed by atoms with Crippen molar-refractivity contribution in [2.45, 2.75) is 38.5 Å². The largest absolute Gasteiger partial charge is 0.296 e. The van der Waals surface area contributed by atoms with E-state index in [-0.39, 0.29) is 23.3 Å². The molecule has 102 valence electrons. The van der Waals surface area contributed by atoms with Gasteiger partial charge in [0.05, 0.1) is 10.9 Å². The van der Waals surface area contributed by atoms with Gasteiger partial charge < -0.3 is 0 Å².